The van der Waals surface area contributed by atoms with Crippen molar-refractivity contribution in [3.8, 4) is 6.01 Å². The number of aromatic nitrogens is 3. The van der Waals surface area contributed by atoms with Crippen molar-refractivity contribution in [2.45, 2.75) is 0 Å². The summed E-state index contributed by atoms with van der Waals surface area (Å²) < 4.78 is 31.8. The number of H-pyrrole nitrogens is 1. The lowest BCUT2D eigenvalue weighted by Gasteiger charge is -1.91. The second-order valence-corrected chi connectivity index (χ2v) is 2.32. The monoisotopic (exact) mass is 165 g/mol. The van der Waals surface area contributed by atoms with Crippen LogP contribution in [0.5, 0.6) is 6.01 Å². The molecular formula is C2H3N3O4S. The molecule has 0 aliphatic rings. The Morgan fingerprint density at radius 3 is 2.80 bits per heavy atom. The van der Waals surface area contributed by atoms with Gasteiger partial charge in [0.05, 0.1) is 0 Å². The largest absolute Gasteiger partial charge is 0.449 e. The Hall–Kier alpha value is -1.15. The zero-order valence-corrected chi connectivity index (χ0v) is 5.37. The third-order valence-electron chi connectivity index (χ3n) is 0.577. The number of rotatable bonds is 2. The Balaban J connectivity index is 2.75. The summed E-state index contributed by atoms with van der Waals surface area (Å²) in [6, 6.07) is -0.373. The van der Waals surface area contributed by atoms with E-state index in [2.05, 4.69) is 19.4 Å². The number of aromatic amines is 1. The molecule has 7 nitrogen and oxygen atoms in total. The van der Waals surface area contributed by atoms with Crippen molar-refractivity contribution in [3.63, 3.8) is 0 Å². The Kier molecular flexibility index (Phi) is 1.55. The lowest BCUT2D eigenvalue weighted by Crippen LogP contribution is -2.07. The average molecular weight is 165 g/mol. The van der Waals surface area contributed by atoms with Gasteiger partial charge in [-0.25, -0.2) is 5.10 Å². The summed E-state index contributed by atoms with van der Waals surface area (Å²) in [7, 11) is -4.48. The summed E-state index contributed by atoms with van der Waals surface area (Å²) in [6.45, 7) is 0. The van der Waals surface area contributed by atoms with Crippen LogP contribution in [0.3, 0.4) is 0 Å². The summed E-state index contributed by atoms with van der Waals surface area (Å²) in [5, 5.41) is 5.34. The van der Waals surface area contributed by atoms with Crippen LogP contribution < -0.4 is 4.18 Å². The topological polar surface area (TPSA) is 105 Å². The SMILES string of the molecule is O=S(=O)(O)Oc1ncn[nH]1. The predicted molar refractivity (Wildman–Crippen MR) is 28.6 cm³/mol. The van der Waals surface area contributed by atoms with Crippen LogP contribution in [-0.4, -0.2) is 28.2 Å². The first-order valence-electron chi connectivity index (χ1n) is 2.10. The fraction of sp³-hybridized carbons (Fsp3) is 0. The van der Waals surface area contributed by atoms with Crippen LogP contribution in [0, 0.1) is 0 Å². The molecule has 0 amide bonds. The molecule has 0 saturated carbocycles. The van der Waals surface area contributed by atoms with E-state index in [1.54, 1.807) is 0 Å². The normalized spacial score (nSPS) is 11.3. The highest BCUT2D eigenvalue weighted by molar-refractivity contribution is 7.81. The van der Waals surface area contributed by atoms with Crippen molar-refractivity contribution < 1.29 is 17.2 Å². The van der Waals surface area contributed by atoms with Crippen molar-refractivity contribution in [1.29, 1.82) is 0 Å². The molecule has 0 bridgehead atoms. The maximum Gasteiger partial charge on any atom is 0.449 e. The Bertz CT molecular complexity index is 288. The minimum absolute atomic E-state index is 0.373. The standard InChI is InChI=1S/C2H3N3O4S/c6-10(7,8)9-2-3-1-4-5-2/h1H,(H,3,4,5)(H,6,7,8). The van der Waals surface area contributed by atoms with Gasteiger partial charge in [0.1, 0.15) is 6.33 Å². The minimum atomic E-state index is -4.48. The molecule has 1 aromatic heterocycles. The summed E-state index contributed by atoms with van der Waals surface area (Å²) in [5.41, 5.74) is 0. The summed E-state index contributed by atoms with van der Waals surface area (Å²) >= 11 is 0. The van der Waals surface area contributed by atoms with E-state index in [9.17, 15) is 8.42 Å². The maximum atomic E-state index is 9.94. The molecule has 56 valence electrons. The predicted octanol–water partition coefficient (Wildman–Crippen LogP) is -1.01. The van der Waals surface area contributed by atoms with Crippen molar-refractivity contribution in [3.05, 3.63) is 6.33 Å². The second kappa shape index (κ2) is 2.23. The lowest BCUT2D eigenvalue weighted by molar-refractivity contribution is 0.375. The summed E-state index contributed by atoms with van der Waals surface area (Å²) in [6.07, 6.45) is 1.04. The van der Waals surface area contributed by atoms with E-state index in [4.69, 9.17) is 4.55 Å². The van der Waals surface area contributed by atoms with Gasteiger partial charge in [-0.15, -0.1) is 0 Å². The summed E-state index contributed by atoms with van der Waals surface area (Å²) in [5.74, 6) is 0. The highest BCUT2D eigenvalue weighted by atomic mass is 32.3. The molecule has 0 spiro atoms. The molecule has 0 aliphatic carbocycles. The van der Waals surface area contributed by atoms with Gasteiger partial charge in [0.2, 0.25) is 0 Å². The molecule has 0 fully saturated rings. The van der Waals surface area contributed by atoms with E-state index in [-0.39, 0.29) is 6.01 Å². The summed E-state index contributed by atoms with van der Waals surface area (Å²) in [4.78, 5) is 3.27. The molecule has 1 aromatic rings. The molecule has 10 heavy (non-hydrogen) atoms. The number of nitrogens with zero attached hydrogens (tertiary/aromatic N) is 2. The van der Waals surface area contributed by atoms with E-state index >= 15 is 0 Å². The highest BCUT2D eigenvalue weighted by Crippen LogP contribution is 1.98. The van der Waals surface area contributed by atoms with Crippen LogP contribution in [-0.2, 0) is 10.4 Å². The second-order valence-electron chi connectivity index (χ2n) is 1.30. The first-order chi connectivity index (χ1) is 4.58. The van der Waals surface area contributed by atoms with Crippen LogP contribution >= 0.6 is 0 Å². The zero-order valence-electron chi connectivity index (χ0n) is 4.55. The fourth-order valence-electron chi connectivity index (χ4n) is 0.334. The molecule has 2 N–H and O–H groups in total. The highest BCUT2D eigenvalue weighted by Gasteiger charge is 2.07. The first-order valence-corrected chi connectivity index (χ1v) is 3.47. The third kappa shape index (κ3) is 1.99. The average Bonchev–Trinajstić information content (AvgIpc) is 2.12. The first kappa shape index (κ1) is 6.96. The van der Waals surface area contributed by atoms with Gasteiger partial charge in [0, 0.05) is 0 Å². The number of hydrogen-bond donors (Lipinski definition) is 2. The van der Waals surface area contributed by atoms with E-state index in [1.165, 1.54) is 0 Å². The molecule has 8 heteroatoms. The van der Waals surface area contributed by atoms with Crippen LogP contribution in [0.1, 0.15) is 0 Å². The van der Waals surface area contributed by atoms with Gasteiger partial charge in [0.25, 0.3) is 0 Å². The van der Waals surface area contributed by atoms with Gasteiger partial charge in [-0.05, 0) is 0 Å². The van der Waals surface area contributed by atoms with Crippen molar-refractivity contribution in [2.24, 2.45) is 0 Å². The number of nitrogens with one attached hydrogen (secondary N) is 1. The smallest absolute Gasteiger partial charge is 0.323 e. The molecular weight excluding hydrogens is 162 g/mol. The van der Waals surface area contributed by atoms with E-state index < -0.39 is 10.4 Å². The van der Waals surface area contributed by atoms with Gasteiger partial charge < -0.3 is 4.18 Å². The van der Waals surface area contributed by atoms with Crippen LogP contribution in [0.4, 0.5) is 0 Å². The van der Waals surface area contributed by atoms with Gasteiger partial charge >= 0.3 is 16.4 Å². The van der Waals surface area contributed by atoms with E-state index in [0.29, 0.717) is 0 Å². The van der Waals surface area contributed by atoms with Gasteiger partial charge in [-0.3, -0.25) is 4.55 Å². The third-order valence-corrected chi connectivity index (χ3v) is 0.946. The van der Waals surface area contributed by atoms with Crippen molar-refractivity contribution in [1.82, 2.24) is 15.2 Å². The molecule has 0 radical (unpaired) electrons. The van der Waals surface area contributed by atoms with Gasteiger partial charge in [0.15, 0.2) is 0 Å². The number of hydrogen-bond acceptors (Lipinski definition) is 5. The van der Waals surface area contributed by atoms with Gasteiger partial charge in [-0.1, -0.05) is 0 Å². The molecule has 1 rings (SSSR count). The Morgan fingerprint density at radius 1 is 1.70 bits per heavy atom. The Morgan fingerprint density at radius 2 is 2.40 bits per heavy atom. The van der Waals surface area contributed by atoms with E-state index in [0.717, 1.165) is 6.33 Å². The van der Waals surface area contributed by atoms with Crippen molar-refractivity contribution in [2.75, 3.05) is 0 Å². The Labute approximate surface area is 56.0 Å². The van der Waals surface area contributed by atoms with E-state index in [1.807, 2.05) is 0 Å². The fourth-order valence-corrected chi connectivity index (χ4v) is 0.614. The molecule has 0 saturated heterocycles. The molecule has 0 aromatic carbocycles. The van der Waals surface area contributed by atoms with Crippen LogP contribution in [0.2, 0.25) is 0 Å². The minimum Gasteiger partial charge on any atom is -0.323 e. The molecule has 0 aliphatic heterocycles. The van der Waals surface area contributed by atoms with Gasteiger partial charge in [-0.2, -0.15) is 18.5 Å². The van der Waals surface area contributed by atoms with Crippen LogP contribution in [0.25, 0.3) is 0 Å². The zero-order chi connectivity index (χ0) is 7.61. The molecule has 0 atom stereocenters. The lowest BCUT2D eigenvalue weighted by atomic mass is 11.2. The quantitative estimate of drug-likeness (QED) is 0.544. The van der Waals surface area contributed by atoms with Crippen molar-refractivity contribution >= 4 is 10.4 Å². The maximum absolute atomic E-state index is 9.94. The molecule has 0 unspecified atom stereocenters. The van der Waals surface area contributed by atoms with Crippen LogP contribution in [0.15, 0.2) is 6.33 Å². The molecule has 1 heterocycles.